The summed E-state index contributed by atoms with van der Waals surface area (Å²) in [5.74, 6) is -0.289. The highest BCUT2D eigenvalue weighted by molar-refractivity contribution is 9.10. The Labute approximate surface area is 121 Å². The van der Waals surface area contributed by atoms with Crippen LogP contribution in [0.3, 0.4) is 0 Å². The van der Waals surface area contributed by atoms with E-state index in [9.17, 15) is 12.8 Å². The smallest absolute Gasteiger partial charge is 0.243 e. The predicted molar refractivity (Wildman–Crippen MR) is 74.8 cm³/mol. The van der Waals surface area contributed by atoms with Crippen LogP contribution < -0.4 is 10.0 Å². The SMILES string of the molecule is CNCc1cc(Br)cc(S(=O)(=O)NCC2CC2)c1F. The maximum Gasteiger partial charge on any atom is 0.243 e. The maximum atomic E-state index is 14.2. The molecule has 2 rings (SSSR count). The summed E-state index contributed by atoms with van der Waals surface area (Å²) < 4.78 is 41.4. The van der Waals surface area contributed by atoms with Crippen LogP contribution in [0.2, 0.25) is 0 Å². The fraction of sp³-hybridized carbons (Fsp3) is 0.500. The van der Waals surface area contributed by atoms with Gasteiger partial charge in [0.05, 0.1) is 0 Å². The Kier molecular flexibility index (Phi) is 4.60. The van der Waals surface area contributed by atoms with Crippen LogP contribution >= 0.6 is 15.9 Å². The summed E-state index contributed by atoms with van der Waals surface area (Å²) in [6.45, 7) is 0.659. The van der Waals surface area contributed by atoms with Gasteiger partial charge >= 0.3 is 0 Å². The Bertz CT molecular complexity index is 573. The maximum absolute atomic E-state index is 14.2. The molecule has 19 heavy (non-hydrogen) atoms. The third-order valence-corrected chi connectivity index (χ3v) is 4.88. The Morgan fingerprint density at radius 2 is 2.11 bits per heavy atom. The van der Waals surface area contributed by atoms with Gasteiger partial charge in [-0.25, -0.2) is 17.5 Å². The molecule has 7 heteroatoms. The van der Waals surface area contributed by atoms with Gasteiger partial charge in [-0.05, 0) is 37.9 Å². The van der Waals surface area contributed by atoms with Crippen molar-refractivity contribution in [3.63, 3.8) is 0 Å². The van der Waals surface area contributed by atoms with Gasteiger partial charge in [0.1, 0.15) is 10.7 Å². The average Bonchev–Trinajstić information content (AvgIpc) is 3.15. The van der Waals surface area contributed by atoms with Gasteiger partial charge in [0.2, 0.25) is 10.0 Å². The van der Waals surface area contributed by atoms with E-state index in [1.165, 1.54) is 6.07 Å². The molecule has 1 aliphatic rings. The second-order valence-corrected chi connectivity index (χ2v) is 7.35. The predicted octanol–water partition coefficient (Wildman–Crippen LogP) is 2.00. The summed E-state index contributed by atoms with van der Waals surface area (Å²) in [6, 6.07) is 2.87. The van der Waals surface area contributed by atoms with Crippen LogP contribution in [-0.2, 0) is 16.6 Å². The van der Waals surface area contributed by atoms with Gasteiger partial charge in [-0.1, -0.05) is 15.9 Å². The number of hydrogen-bond acceptors (Lipinski definition) is 3. The minimum atomic E-state index is -3.79. The van der Waals surface area contributed by atoms with Crippen LogP contribution in [0.4, 0.5) is 4.39 Å². The van der Waals surface area contributed by atoms with E-state index in [0.717, 1.165) is 12.8 Å². The van der Waals surface area contributed by atoms with Crippen molar-refractivity contribution in [3.05, 3.63) is 28.0 Å². The highest BCUT2D eigenvalue weighted by Crippen LogP contribution is 2.29. The van der Waals surface area contributed by atoms with Gasteiger partial charge < -0.3 is 5.32 Å². The highest BCUT2D eigenvalue weighted by atomic mass is 79.9. The van der Waals surface area contributed by atoms with Gasteiger partial charge in [-0.15, -0.1) is 0 Å². The lowest BCUT2D eigenvalue weighted by Gasteiger charge is -2.11. The number of sulfonamides is 1. The van der Waals surface area contributed by atoms with Crippen LogP contribution in [0.5, 0.6) is 0 Å². The molecule has 1 aliphatic carbocycles. The van der Waals surface area contributed by atoms with Crippen molar-refractivity contribution in [2.24, 2.45) is 5.92 Å². The Hall–Kier alpha value is -0.500. The second-order valence-electron chi connectivity index (χ2n) is 4.70. The first-order valence-corrected chi connectivity index (χ1v) is 8.34. The number of halogens is 2. The minimum absolute atomic E-state index is 0.274. The first-order chi connectivity index (χ1) is 8.94. The third kappa shape index (κ3) is 3.75. The Morgan fingerprint density at radius 3 is 2.68 bits per heavy atom. The quantitative estimate of drug-likeness (QED) is 0.824. The fourth-order valence-electron chi connectivity index (χ4n) is 1.76. The fourth-order valence-corrected chi connectivity index (χ4v) is 3.68. The third-order valence-electron chi connectivity index (χ3n) is 3.00. The number of benzene rings is 1. The summed E-state index contributed by atoms with van der Waals surface area (Å²) in [5, 5.41) is 2.81. The van der Waals surface area contributed by atoms with E-state index >= 15 is 0 Å². The molecule has 1 fully saturated rings. The Balaban J connectivity index is 2.31. The van der Waals surface area contributed by atoms with Crippen molar-refractivity contribution < 1.29 is 12.8 Å². The van der Waals surface area contributed by atoms with E-state index in [-0.39, 0.29) is 11.4 Å². The normalized spacial score (nSPS) is 15.7. The molecule has 0 heterocycles. The van der Waals surface area contributed by atoms with E-state index < -0.39 is 15.8 Å². The van der Waals surface area contributed by atoms with Gasteiger partial charge in [0.15, 0.2) is 0 Å². The molecule has 1 saturated carbocycles. The van der Waals surface area contributed by atoms with E-state index in [1.54, 1.807) is 13.1 Å². The first kappa shape index (κ1) is 14.9. The van der Waals surface area contributed by atoms with Crippen LogP contribution in [0.25, 0.3) is 0 Å². The molecule has 2 N–H and O–H groups in total. The number of rotatable bonds is 6. The zero-order valence-corrected chi connectivity index (χ0v) is 12.9. The van der Waals surface area contributed by atoms with Crippen molar-refractivity contribution in [2.75, 3.05) is 13.6 Å². The molecule has 0 bridgehead atoms. The van der Waals surface area contributed by atoms with Crippen LogP contribution in [0.1, 0.15) is 18.4 Å². The van der Waals surface area contributed by atoms with Gasteiger partial charge in [0.25, 0.3) is 0 Å². The van der Waals surface area contributed by atoms with Crippen LogP contribution in [0, 0.1) is 11.7 Å². The van der Waals surface area contributed by atoms with Crippen LogP contribution in [-0.4, -0.2) is 22.0 Å². The minimum Gasteiger partial charge on any atom is -0.316 e. The first-order valence-electron chi connectivity index (χ1n) is 6.06. The van der Waals surface area contributed by atoms with Gasteiger partial charge in [-0.2, -0.15) is 0 Å². The van der Waals surface area contributed by atoms with E-state index in [2.05, 4.69) is 26.0 Å². The van der Waals surface area contributed by atoms with Gasteiger partial charge in [-0.3, -0.25) is 0 Å². The van der Waals surface area contributed by atoms with E-state index in [1.807, 2.05) is 0 Å². The monoisotopic (exact) mass is 350 g/mol. The van der Waals surface area contributed by atoms with Crippen molar-refractivity contribution in [1.82, 2.24) is 10.0 Å². The van der Waals surface area contributed by atoms with E-state index in [4.69, 9.17) is 0 Å². The van der Waals surface area contributed by atoms with Crippen molar-refractivity contribution in [2.45, 2.75) is 24.3 Å². The number of hydrogen-bond donors (Lipinski definition) is 2. The molecular formula is C12H16BrFN2O2S. The molecule has 1 aromatic rings. The Morgan fingerprint density at radius 1 is 1.42 bits per heavy atom. The van der Waals surface area contributed by atoms with Crippen LogP contribution in [0.15, 0.2) is 21.5 Å². The molecule has 0 radical (unpaired) electrons. The second kappa shape index (κ2) is 5.87. The largest absolute Gasteiger partial charge is 0.316 e. The molecule has 106 valence electrons. The molecule has 4 nitrogen and oxygen atoms in total. The summed E-state index contributed by atoms with van der Waals surface area (Å²) in [5.41, 5.74) is 0.323. The molecule has 0 unspecified atom stereocenters. The zero-order chi connectivity index (χ0) is 14.0. The lowest BCUT2D eigenvalue weighted by molar-refractivity contribution is 0.544. The summed E-state index contributed by atoms with van der Waals surface area (Å²) in [7, 11) is -2.11. The molecule has 0 aliphatic heterocycles. The summed E-state index contributed by atoms with van der Waals surface area (Å²) >= 11 is 3.22. The lowest BCUT2D eigenvalue weighted by atomic mass is 10.2. The molecule has 0 atom stereocenters. The average molecular weight is 351 g/mol. The molecular weight excluding hydrogens is 335 g/mol. The lowest BCUT2D eigenvalue weighted by Crippen LogP contribution is -2.27. The van der Waals surface area contributed by atoms with Crippen molar-refractivity contribution in [1.29, 1.82) is 0 Å². The van der Waals surface area contributed by atoms with Crippen molar-refractivity contribution >= 4 is 26.0 Å². The van der Waals surface area contributed by atoms with Crippen molar-refractivity contribution in [3.8, 4) is 0 Å². The highest BCUT2D eigenvalue weighted by Gasteiger charge is 2.26. The van der Waals surface area contributed by atoms with Gasteiger partial charge in [0, 0.05) is 23.1 Å². The standard InChI is InChI=1S/C12H16BrFN2O2S/c1-15-7-9-4-10(13)5-11(12(9)14)19(17,18)16-6-8-2-3-8/h4-5,8,15-16H,2-3,6-7H2,1H3. The molecule has 0 amide bonds. The topological polar surface area (TPSA) is 58.2 Å². The molecule has 1 aromatic carbocycles. The number of nitrogens with one attached hydrogen (secondary N) is 2. The van der Waals surface area contributed by atoms with E-state index in [0.29, 0.717) is 22.5 Å². The molecule has 0 spiro atoms. The summed E-state index contributed by atoms with van der Waals surface area (Å²) in [4.78, 5) is -0.298. The summed E-state index contributed by atoms with van der Waals surface area (Å²) in [6.07, 6.45) is 2.07. The molecule has 0 saturated heterocycles. The molecule has 0 aromatic heterocycles. The zero-order valence-electron chi connectivity index (χ0n) is 10.5.